The van der Waals surface area contributed by atoms with Crippen molar-refractivity contribution in [2.24, 2.45) is 0 Å². The maximum absolute atomic E-state index is 10.2. The third kappa shape index (κ3) is 1.80. The van der Waals surface area contributed by atoms with Crippen LogP contribution in [0, 0.1) is 0 Å². The summed E-state index contributed by atoms with van der Waals surface area (Å²) in [4.78, 5) is 14.4. The average molecular weight is 225 g/mol. The van der Waals surface area contributed by atoms with Gasteiger partial charge in [0.05, 0.1) is 0 Å². The molecule has 0 bridgehead atoms. The minimum Gasteiger partial charge on any atom is -0.444 e. The summed E-state index contributed by atoms with van der Waals surface area (Å²) in [6.07, 6.45) is 1.42. The molecule has 0 aromatic carbocycles. The quantitative estimate of drug-likeness (QED) is 0.594. The summed E-state index contributed by atoms with van der Waals surface area (Å²) in [5.41, 5.74) is 0.705. The van der Waals surface area contributed by atoms with Gasteiger partial charge in [0.15, 0.2) is 6.23 Å². The Labute approximate surface area is 91.4 Å². The molecule has 0 saturated heterocycles. The van der Waals surface area contributed by atoms with Gasteiger partial charge < -0.3 is 4.74 Å². The molecular weight excluding hydrogens is 216 g/mol. The molecule has 0 radical (unpaired) electrons. The second kappa shape index (κ2) is 3.90. The van der Waals surface area contributed by atoms with Crippen LogP contribution in [0.2, 0.25) is 5.15 Å². The van der Waals surface area contributed by atoms with Crippen LogP contribution in [-0.4, -0.2) is 16.0 Å². The Morgan fingerprint density at radius 2 is 2.33 bits per heavy atom. The molecule has 78 valence electrons. The van der Waals surface area contributed by atoms with Gasteiger partial charge in [-0.1, -0.05) is 11.6 Å². The SMILES string of the molecule is CC(OC=O)n1ccc2ccc(Cl)nc21. The van der Waals surface area contributed by atoms with Gasteiger partial charge in [0.1, 0.15) is 10.8 Å². The lowest BCUT2D eigenvalue weighted by molar-refractivity contribution is -0.136. The predicted octanol–water partition coefficient (Wildman–Crippen LogP) is 2.38. The normalized spacial score (nSPS) is 12.7. The molecule has 1 unspecified atom stereocenters. The topological polar surface area (TPSA) is 44.1 Å². The highest BCUT2D eigenvalue weighted by molar-refractivity contribution is 6.29. The maximum atomic E-state index is 10.2. The van der Waals surface area contributed by atoms with Gasteiger partial charge in [0.2, 0.25) is 0 Å². The highest BCUT2D eigenvalue weighted by Crippen LogP contribution is 2.20. The summed E-state index contributed by atoms with van der Waals surface area (Å²) < 4.78 is 6.58. The molecule has 1 atom stereocenters. The molecule has 4 nitrogen and oxygen atoms in total. The summed E-state index contributed by atoms with van der Waals surface area (Å²) in [6, 6.07) is 5.48. The molecule has 15 heavy (non-hydrogen) atoms. The van der Waals surface area contributed by atoms with Gasteiger partial charge in [-0.3, -0.25) is 9.36 Å². The van der Waals surface area contributed by atoms with Crippen molar-refractivity contribution in [3.63, 3.8) is 0 Å². The monoisotopic (exact) mass is 224 g/mol. The lowest BCUT2D eigenvalue weighted by atomic mass is 10.3. The highest BCUT2D eigenvalue weighted by atomic mass is 35.5. The molecule has 0 aliphatic rings. The number of halogens is 1. The Morgan fingerprint density at radius 3 is 3.07 bits per heavy atom. The van der Waals surface area contributed by atoms with E-state index in [1.54, 1.807) is 17.6 Å². The van der Waals surface area contributed by atoms with E-state index >= 15 is 0 Å². The van der Waals surface area contributed by atoms with Crippen molar-refractivity contribution in [1.82, 2.24) is 9.55 Å². The minimum absolute atomic E-state index is 0.383. The summed E-state index contributed by atoms with van der Waals surface area (Å²) in [5, 5.41) is 1.38. The van der Waals surface area contributed by atoms with E-state index in [1.165, 1.54) is 0 Å². The number of aromatic nitrogens is 2. The van der Waals surface area contributed by atoms with E-state index in [0.29, 0.717) is 17.3 Å². The van der Waals surface area contributed by atoms with Crippen molar-refractivity contribution in [2.45, 2.75) is 13.2 Å². The zero-order chi connectivity index (χ0) is 10.8. The number of nitrogens with zero attached hydrogens (tertiary/aromatic N) is 2. The Hall–Kier alpha value is -1.55. The molecule has 2 aromatic heterocycles. The van der Waals surface area contributed by atoms with Crippen LogP contribution < -0.4 is 0 Å². The van der Waals surface area contributed by atoms with Gasteiger partial charge in [0, 0.05) is 11.6 Å². The second-order valence-electron chi connectivity index (χ2n) is 3.10. The van der Waals surface area contributed by atoms with E-state index < -0.39 is 0 Å². The predicted molar refractivity (Wildman–Crippen MR) is 56.6 cm³/mol. The highest BCUT2D eigenvalue weighted by Gasteiger charge is 2.09. The molecular formula is C10H9ClN2O2. The Morgan fingerprint density at radius 1 is 1.53 bits per heavy atom. The third-order valence-corrected chi connectivity index (χ3v) is 2.39. The van der Waals surface area contributed by atoms with Crippen molar-refractivity contribution in [2.75, 3.05) is 0 Å². The van der Waals surface area contributed by atoms with Crippen molar-refractivity contribution in [3.8, 4) is 0 Å². The first-order chi connectivity index (χ1) is 7.22. The lowest BCUT2D eigenvalue weighted by Gasteiger charge is -2.11. The van der Waals surface area contributed by atoms with Crippen LogP contribution in [0.5, 0.6) is 0 Å². The van der Waals surface area contributed by atoms with Crippen LogP contribution in [0.4, 0.5) is 0 Å². The van der Waals surface area contributed by atoms with Crippen molar-refractivity contribution >= 4 is 29.1 Å². The number of hydrogen-bond acceptors (Lipinski definition) is 3. The zero-order valence-corrected chi connectivity index (χ0v) is 8.81. The summed E-state index contributed by atoms with van der Waals surface area (Å²) in [5.74, 6) is 0. The van der Waals surface area contributed by atoms with Crippen LogP contribution in [0.15, 0.2) is 24.4 Å². The number of hydrogen-bond donors (Lipinski definition) is 0. The largest absolute Gasteiger partial charge is 0.444 e. The number of carbonyl (C=O) groups excluding carboxylic acids is 1. The fraction of sp³-hybridized carbons (Fsp3) is 0.200. The van der Waals surface area contributed by atoms with Crippen LogP contribution in [0.3, 0.4) is 0 Å². The van der Waals surface area contributed by atoms with Crippen molar-refractivity contribution in [3.05, 3.63) is 29.5 Å². The Balaban J connectivity index is 2.51. The first-order valence-electron chi connectivity index (χ1n) is 4.44. The van der Waals surface area contributed by atoms with E-state index in [2.05, 4.69) is 4.98 Å². The van der Waals surface area contributed by atoms with E-state index in [-0.39, 0.29) is 6.23 Å². The van der Waals surface area contributed by atoms with Gasteiger partial charge >= 0.3 is 0 Å². The van der Waals surface area contributed by atoms with Gasteiger partial charge in [-0.25, -0.2) is 4.98 Å². The van der Waals surface area contributed by atoms with Gasteiger partial charge in [-0.15, -0.1) is 0 Å². The first kappa shape index (κ1) is 9.98. The Bertz CT molecular complexity index is 495. The summed E-state index contributed by atoms with van der Waals surface area (Å²) in [7, 11) is 0. The lowest BCUT2D eigenvalue weighted by Crippen LogP contribution is -2.07. The van der Waals surface area contributed by atoms with Crippen molar-refractivity contribution < 1.29 is 9.53 Å². The molecule has 0 aliphatic carbocycles. The zero-order valence-electron chi connectivity index (χ0n) is 8.05. The molecule has 2 rings (SSSR count). The number of rotatable bonds is 3. The molecule has 0 spiro atoms. The van der Waals surface area contributed by atoms with Crippen LogP contribution in [-0.2, 0) is 9.53 Å². The number of ether oxygens (including phenoxy) is 1. The minimum atomic E-state index is -0.383. The van der Waals surface area contributed by atoms with Crippen LogP contribution >= 0.6 is 11.6 Å². The molecule has 2 aromatic rings. The van der Waals surface area contributed by atoms with Gasteiger partial charge in [0.25, 0.3) is 6.47 Å². The van der Waals surface area contributed by atoms with Crippen LogP contribution in [0.1, 0.15) is 13.2 Å². The molecule has 0 saturated carbocycles. The number of carbonyl (C=O) groups is 1. The molecule has 2 heterocycles. The van der Waals surface area contributed by atoms with Crippen molar-refractivity contribution in [1.29, 1.82) is 0 Å². The average Bonchev–Trinajstić information content (AvgIpc) is 2.60. The standard InChI is InChI=1S/C10H9ClN2O2/c1-7(15-6-14)13-5-4-8-2-3-9(11)12-10(8)13/h2-7H,1H3. The first-order valence-corrected chi connectivity index (χ1v) is 4.82. The van der Waals surface area contributed by atoms with E-state index in [1.807, 2.05) is 18.3 Å². The third-order valence-electron chi connectivity index (χ3n) is 2.17. The molecule has 5 heteroatoms. The van der Waals surface area contributed by atoms with Gasteiger partial charge in [-0.2, -0.15) is 0 Å². The summed E-state index contributed by atoms with van der Waals surface area (Å²) in [6.45, 7) is 2.18. The smallest absolute Gasteiger partial charge is 0.295 e. The Kier molecular flexibility index (Phi) is 2.60. The molecule has 0 fully saturated rings. The van der Waals surface area contributed by atoms with Crippen LogP contribution in [0.25, 0.3) is 11.0 Å². The number of pyridine rings is 1. The fourth-order valence-corrected chi connectivity index (χ4v) is 1.59. The molecule has 0 amide bonds. The van der Waals surface area contributed by atoms with Gasteiger partial charge in [-0.05, 0) is 25.1 Å². The summed E-state index contributed by atoms with van der Waals surface area (Å²) >= 11 is 5.79. The van der Waals surface area contributed by atoms with E-state index in [4.69, 9.17) is 16.3 Å². The fourth-order valence-electron chi connectivity index (χ4n) is 1.44. The second-order valence-corrected chi connectivity index (χ2v) is 3.49. The molecule has 0 N–H and O–H groups in total. The molecule has 0 aliphatic heterocycles. The maximum Gasteiger partial charge on any atom is 0.295 e. The van der Waals surface area contributed by atoms with E-state index in [0.717, 1.165) is 5.39 Å². The number of fused-ring (bicyclic) bond motifs is 1. The van der Waals surface area contributed by atoms with E-state index in [9.17, 15) is 4.79 Å².